The minimum atomic E-state index is -4.08. The number of hydrogen-bond acceptors (Lipinski definition) is 9. The molecule has 45 heavy (non-hydrogen) atoms. The highest BCUT2D eigenvalue weighted by Gasteiger charge is 2.48. The molecule has 0 aromatic heterocycles. The van der Waals surface area contributed by atoms with Crippen molar-refractivity contribution in [2.75, 3.05) is 55.7 Å². The second kappa shape index (κ2) is 13.5. The minimum absolute atomic E-state index is 0.286. The van der Waals surface area contributed by atoms with E-state index in [1.165, 1.54) is 4.31 Å². The second-order valence-corrected chi connectivity index (χ2v) is 12.8. The van der Waals surface area contributed by atoms with Crippen molar-refractivity contribution in [3.8, 4) is 34.5 Å². The Labute approximate surface area is 265 Å². The van der Waals surface area contributed by atoms with E-state index in [0.717, 1.165) is 18.4 Å². The monoisotopic (exact) mass is 639 g/mol. The zero-order valence-electron chi connectivity index (χ0n) is 26.8. The highest BCUT2D eigenvalue weighted by Crippen LogP contribution is 2.49. The van der Waals surface area contributed by atoms with E-state index in [2.05, 4.69) is 6.92 Å². The maximum Gasteiger partial charge on any atom is 0.305 e. The SMILES string of the molecule is COc1ccc(C2=NC(c3ccc(OC)c(OC)c3)C(c3ccc(OC)c(OC)c3)N2S(=O)(=O)N2CCC(C)CC2)cc1OC. The lowest BCUT2D eigenvalue weighted by molar-refractivity contribution is 0.269. The number of piperidine rings is 1. The first-order valence-electron chi connectivity index (χ1n) is 14.7. The maximum absolute atomic E-state index is 14.8. The summed E-state index contributed by atoms with van der Waals surface area (Å²) in [6.45, 7) is 2.98. The quantitative estimate of drug-likeness (QED) is 0.280. The van der Waals surface area contributed by atoms with Crippen LogP contribution in [0.2, 0.25) is 0 Å². The van der Waals surface area contributed by atoms with Crippen molar-refractivity contribution in [3.63, 3.8) is 0 Å². The van der Waals surface area contributed by atoms with Gasteiger partial charge in [0, 0.05) is 18.7 Å². The van der Waals surface area contributed by atoms with Crippen LogP contribution in [0.25, 0.3) is 0 Å². The van der Waals surface area contributed by atoms with Crippen LogP contribution in [-0.4, -0.2) is 78.6 Å². The summed E-state index contributed by atoms with van der Waals surface area (Å²) < 4.78 is 66.0. The van der Waals surface area contributed by atoms with E-state index in [1.54, 1.807) is 77.3 Å². The zero-order chi connectivity index (χ0) is 32.3. The van der Waals surface area contributed by atoms with E-state index in [-0.39, 0.29) is 5.84 Å². The highest BCUT2D eigenvalue weighted by molar-refractivity contribution is 7.87. The number of ether oxygens (including phenoxy) is 6. The van der Waals surface area contributed by atoms with Gasteiger partial charge in [0.1, 0.15) is 11.9 Å². The van der Waals surface area contributed by atoms with E-state index in [4.69, 9.17) is 33.4 Å². The van der Waals surface area contributed by atoms with Gasteiger partial charge in [-0.2, -0.15) is 12.7 Å². The van der Waals surface area contributed by atoms with Gasteiger partial charge in [0.25, 0.3) is 0 Å². The van der Waals surface area contributed by atoms with Gasteiger partial charge >= 0.3 is 10.2 Å². The number of hydrogen-bond donors (Lipinski definition) is 0. The van der Waals surface area contributed by atoms with Crippen molar-refractivity contribution < 1.29 is 36.8 Å². The number of nitrogens with zero attached hydrogens (tertiary/aromatic N) is 3. The normalized spacial score (nSPS) is 19.2. The lowest BCUT2D eigenvalue weighted by atomic mass is 9.94. The fourth-order valence-corrected chi connectivity index (χ4v) is 7.75. The molecule has 2 heterocycles. The summed E-state index contributed by atoms with van der Waals surface area (Å²) in [6.07, 6.45) is 1.55. The summed E-state index contributed by atoms with van der Waals surface area (Å²) in [5, 5.41) is 0. The molecular formula is C33H41N3O8S. The molecule has 0 spiro atoms. The van der Waals surface area contributed by atoms with Crippen molar-refractivity contribution in [1.29, 1.82) is 0 Å². The molecule has 1 fully saturated rings. The molecule has 0 N–H and O–H groups in total. The third-order valence-electron chi connectivity index (χ3n) is 8.48. The van der Waals surface area contributed by atoms with Crippen LogP contribution in [0, 0.1) is 5.92 Å². The van der Waals surface area contributed by atoms with Crippen LogP contribution in [0.5, 0.6) is 34.5 Å². The number of rotatable bonds is 11. The number of aliphatic imine (C=N–C) groups is 1. The summed E-state index contributed by atoms with van der Waals surface area (Å²) in [5.41, 5.74) is 1.99. The van der Waals surface area contributed by atoms with Crippen LogP contribution >= 0.6 is 0 Å². The Hall–Kier alpha value is -4.16. The van der Waals surface area contributed by atoms with E-state index in [1.807, 2.05) is 24.3 Å². The molecule has 2 atom stereocenters. The summed E-state index contributed by atoms with van der Waals surface area (Å²) in [5.74, 6) is 3.77. The Morgan fingerprint density at radius 3 is 1.64 bits per heavy atom. The Kier molecular flexibility index (Phi) is 9.64. The average Bonchev–Trinajstić information content (AvgIpc) is 3.49. The van der Waals surface area contributed by atoms with Crippen LogP contribution in [0.3, 0.4) is 0 Å². The summed E-state index contributed by atoms with van der Waals surface area (Å²) >= 11 is 0. The van der Waals surface area contributed by atoms with Crippen LogP contribution in [0.1, 0.15) is 48.5 Å². The molecule has 1 saturated heterocycles. The molecule has 2 aliphatic heterocycles. The fraction of sp³-hybridized carbons (Fsp3) is 0.424. The molecule has 3 aromatic rings. The van der Waals surface area contributed by atoms with Gasteiger partial charge in [0.05, 0.1) is 48.7 Å². The smallest absolute Gasteiger partial charge is 0.305 e. The van der Waals surface area contributed by atoms with Gasteiger partial charge in [0.15, 0.2) is 34.5 Å². The van der Waals surface area contributed by atoms with Crippen molar-refractivity contribution in [2.45, 2.75) is 31.8 Å². The van der Waals surface area contributed by atoms with Crippen LogP contribution in [0.15, 0.2) is 59.6 Å². The van der Waals surface area contributed by atoms with Crippen molar-refractivity contribution in [3.05, 3.63) is 71.3 Å². The molecule has 2 aliphatic rings. The molecule has 11 nitrogen and oxygen atoms in total. The Bertz CT molecular complexity index is 1650. The molecule has 12 heteroatoms. The second-order valence-electron chi connectivity index (χ2n) is 11.0. The van der Waals surface area contributed by atoms with Crippen molar-refractivity contribution in [2.24, 2.45) is 10.9 Å². The standard InChI is InChI=1S/C33H41N3O8S/c1-21-14-16-35(17-15-21)45(37,38)36-32(23-9-12-26(40-3)29(19-23)43-6)31(22-8-11-25(39-2)28(18-22)42-5)34-33(36)24-10-13-27(41-4)30(20-24)44-7/h8-13,18-21,31-32H,14-17H2,1-7H3. The van der Waals surface area contributed by atoms with Gasteiger partial charge in [-0.15, -0.1) is 0 Å². The molecule has 0 bridgehead atoms. The Morgan fingerprint density at radius 1 is 0.644 bits per heavy atom. The zero-order valence-corrected chi connectivity index (χ0v) is 27.6. The summed E-state index contributed by atoms with van der Waals surface area (Å²) in [6, 6.07) is 14.8. The van der Waals surface area contributed by atoms with Crippen molar-refractivity contribution in [1.82, 2.24) is 8.61 Å². The topological polar surface area (TPSA) is 108 Å². The van der Waals surface area contributed by atoms with Crippen LogP contribution < -0.4 is 28.4 Å². The van der Waals surface area contributed by atoms with Gasteiger partial charge in [0.2, 0.25) is 0 Å². The molecular weight excluding hydrogens is 598 g/mol. The third-order valence-corrected chi connectivity index (χ3v) is 10.4. The fourth-order valence-electron chi connectivity index (χ4n) is 5.94. The molecule has 2 unspecified atom stereocenters. The first-order chi connectivity index (χ1) is 21.7. The molecule has 3 aromatic carbocycles. The molecule has 0 amide bonds. The number of benzene rings is 3. The third kappa shape index (κ3) is 6.08. The highest BCUT2D eigenvalue weighted by atomic mass is 32.2. The lowest BCUT2D eigenvalue weighted by Crippen LogP contribution is -2.49. The molecule has 242 valence electrons. The molecule has 0 saturated carbocycles. The summed E-state index contributed by atoms with van der Waals surface area (Å²) in [4.78, 5) is 5.18. The van der Waals surface area contributed by atoms with Crippen LogP contribution in [0.4, 0.5) is 0 Å². The average molecular weight is 640 g/mol. The van der Waals surface area contributed by atoms with Crippen molar-refractivity contribution >= 4 is 16.0 Å². The van der Waals surface area contributed by atoms with Gasteiger partial charge in [-0.3, -0.25) is 4.99 Å². The van der Waals surface area contributed by atoms with Crippen LogP contribution in [-0.2, 0) is 10.2 Å². The van der Waals surface area contributed by atoms with Gasteiger partial charge in [-0.05, 0) is 72.4 Å². The predicted octanol–water partition coefficient (Wildman–Crippen LogP) is 5.26. The molecule has 5 rings (SSSR count). The lowest BCUT2D eigenvalue weighted by Gasteiger charge is -2.37. The van der Waals surface area contributed by atoms with Gasteiger partial charge in [-0.1, -0.05) is 19.1 Å². The van der Waals surface area contributed by atoms with E-state index >= 15 is 0 Å². The Balaban J connectivity index is 1.77. The van der Waals surface area contributed by atoms with E-state index in [9.17, 15) is 8.42 Å². The maximum atomic E-state index is 14.8. The first kappa shape index (κ1) is 32.2. The molecule has 0 aliphatic carbocycles. The summed E-state index contributed by atoms with van der Waals surface area (Å²) in [7, 11) is 5.26. The minimum Gasteiger partial charge on any atom is -0.493 e. The number of methoxy groups -OCH3 is 6. The van der Waals surface area contributed by atoms with E-state index in [0.29, 0.717) is 64.6 Å². The Morgan fingerprint density at radius 2 is 1.11 bits per heavy atom. The number of amidine groups is 1. The first-order valence-corrected chi connectivity index (χ1v) is 16.1. The van der Waals surface area contributed by atoms with Gasteiger partial charge < -0.3 is 28.4 Å². The molecule has 0 radical (unpaired) electrons. The predicted molar refractivity (Wildman–Crippen MR) is 171 cm³/mol. The van der Waals surface area contributed by atoms with E-state index < -0.39 is 22.3 Å². The largest absolute Gasteiger partial charge is 0.493 e. The van der Waals surface area contributed by atoms with Gasteiger partial charge in [-0.25, -0.2) is 4.31 Å².